The van der Waals surface area contributed by atoms with E-state index in [-0.39, 0.29) is 42.5 Å². The second-order valence-electron chi connectivity index (χ2n) is 7.86. The Morgan fingerprint density at radius 1 is 0.933 bits per heavy atom. The van der Waals surface area contributed by atoms with E-state index in [9.17, 15) is 9.90 Å². The molecule has 30 heavy (non-hydrogen) atoms. The number of primary amides is 1. The Morgan fingerprint density at radius 3 is 1.67 bits per heavy atom. The number of nitrogens with one attached hydrogen (secondary N) is 1. The predicted molar refractivity (Wildman–Crippen MR) is 116 cm³/mol. The molecule has 5 atom stereocenters. The monoisotopic (exact) mass is 445 g/mol. The molecule has 2 saturated heterocycles. The van der Waals surface area contributed by atoms with Crippen LogP contribution in [-0.4, -0.2) is 89.0 Å². The minimum atomic E-state index is -1.03. The summed E-state index contributed by atoms with van der Waals surface area (Å²) in [4.78, 5) is 28.7. The van der Waals surface area contributed by atoms with Crippen LogP contribution in [0.4, 0.5) is 17.8 Å². The van der Waals surface area contributed by atoms with Crippen molar-refractivity contribution in [2.45, 2.75) is 43.1 Å². The number of piperidine rings is 2. The molecule has 0 aromatic carbocycles. The summed E-state index contributed by atoms with van der Waals surface area (Å²) in [5, 5.41) is 12.2. The molecule has 0 saturated carbocycles. The molecule has 1 amide bonds. The molecule has 0 unspecified atom stereocenters. The number of hydrogen-bond acceptors (Lipinski definition) is 12. The number of halogens is 1. The summed E-state index contributed by atoms with van der Waals surface area (Å²) in [6.45, 7) is 1.65. The third kappa shape index (κ3) is 6.00. The normalized spacial score (nSPS) is 27.9. The molecule has 170 valence electrons. The van der Waals surface area contributed by atoms with Gasteiger partial charge in [-0.2, -0.15) is 15.0 Å². The Hall–Kier alpha value is -2.03. The molecule has 0 aliphatic carbocycles. The first kappa shape index (κ1) is 24.2. The number of nitrogens with zero attached hydrogens (tertiary/aromatic N) is 5. The molecule has 2 aliphatic rings. The Morgan fingerprint density at radius 2 is 1.33 bits per heavy atom. The molecule has 1 aromatic rings. The highest BCUT2D eigenvalue weighted by molar-refractivity contribution is 5.85. The molecule has 2 aliphatic heterocycles. The lowest BCUT2D eigenvalue weighted by Gasteiger charge is -2.37. The third-order valence-electron chi connectivity index (χ3n) is 5.04. The Balaban J connectivity index is 0.00000320. The number of aliphatic hydroxyl groups excluding tert-OH is 1. The number of carbonyl (C=O) groups excluding carboxylic acids is 1. The molecular formula is C16H32ClN11O2. The topological polar surface area (TPSA) is 225 Å². The lowest BCUT2D eigenvalue weighted by atomic mass is 10.0. The summed E-state index contributed by atoms with van der Waals surface area (Å²) in [6, 6.07) is -1.47. The molecular weight excluding hydrogens is 414 g/mol. The van der Waals surface area contributed by atoms with Crippen LogP contribution in [0.15, 0.2) is 0 Å². The van der Waals surface area contributed by atoms with Crippen molar-refractivity contribution in [1.82, 2.24) is 15.0 Å². The van der Waals surface area contributed by atoms with Gasteiger partial charge in [0.2, 0.25) is 23.8 Å². The molecule has 0 radical (unpaired) electrons. The second-order valence-corrected chi connectivity index (χ2v) is 7.86. The van der Waals surface area contributed by atoms with Crippen molar-refractivity contribution in [2.24, 2.45) is 28.7 Å². The molecule has 0 spiro atoms. The van der Waals surface area contributed by atoms with E-state index in [0.717, 1.165) is 0 Å². The molecule has 12 N–H and O–H groups in total. The van der Waals surface area contributed by atoms with Gasteiger partial charge in [0, 0.05) is 50.3 Å². The summed E-state index contributed by atoms with van der Waals surface area (Å²) < 4.78 is 0. The van der Waals surface area contributed by atoms with Crippen molar-refractivity contribution in [3.8, 4) is 0 Å². The first-order chi connectivity index (χ1) is 13.7. The molecule has 0 bridgehead atoms. The van der Waals surface area contributed by atoms with E-state index in [0.29, 0.717) is 50.9 Å². The van der Waals surface area contributed by atoms with Crippen molar-refractivity contribution in [3.63, 3.8) is 0 Å². The van der Waals surface area contributed by atoms with E-state index in [1.165, 1.54) is 0 Å². The van der Waals surface area contributed by atoms with Gasteiger partial charge in [-0.05, 0) is 12.8 Å². The molecule has 3 heterocycles. The van der Waals surface area contributed by atoms with Crippen molar-refractivity contribution < 1.29 is 9.90 Å². The SMILES string of the molecule is Cl.NC(=O)[C@@H](CO)Nc1nc(N2C[C@H](N)C[C@H](N)C2)nc(N2C[C@H](N)C[C@H](N)C2)n1. The number of aromatic nitrogens is 3. The van der Waals surface area contributed by atoms with E-state index >= 15 is 0 Å². The molecule has 1 aromatic heterocycles. The first-order valence-corrected chi connectivity index (χ1v) is 9.70. The van der Waals surface area contributed by atoms with Gasteiger partial charge in [0.25, 0.3) is 0 Å². The molecule has 3 rings (SSSR count). The fourth-order valence-corrected chi connectivity index (χ4v) is 3.75. The van der Waals surface area contributed by atoms with Crippen LogP contribution >= 0.6 is 12.4 Å². The largest absolute Gasteiger partial charge is 0.394 e. The van der Waals surface area contributed by atoms with E-state index in [1.54, 1.807) is 0 Å². The van der Waals surface area contributed by atoms with Gasteiger partial charge in [0.05, 0.1) is 6.61 Å². The van der Waals surface area contributed by atoms with Crippen molar-refractivity contribution in [3.05, 3.63) is 0 Å². The van der Waals surface area contributed by atoms with E-state index in [1.807, 2.05) is 9.80 Å². The van der Waals surface area contributed by atoms with Gasteiger partial charge in [-0.15, -0.1) is 12.4 Å². The predicted octanol–water partition coefficient (Wildman–Crippen LogP) is -3.72. The number of anilines is 3. The highest BCUT2D eigenvalue weighted by atomic mass is 35.5. The van der Waals surface area contributed by atoms with Crippen LogP contribution in [0.3, 0.4) is 0 Å². The minimum Gasteiger partial charge on any atom is -0.394 e. The van der Waals surface area contributed by atoms with Crippen molar-refractivity contribution >= 4 is 36.2 Å². The van der Waals surface area contributed by atoms with Crippen molar-refractivity contribution in [2.75, 3.05) is 47.9 Å². The number of rotatable bonds is 6. The fraction of sp³-hybridized carbons (Fsp3) is 0.750. The molecule has 2 fully saturated rings. The quantitative estimate of drug-likeness (QED) is 0.224. The number of nitrogens with two attached hydrogens (primary N) is 5. The Bertz CT molecular complexity index is 662. The number of amides is 1. The zero-order chi connectivity index (χ0) is 21.1. The zero-order valence-corrected chi connectivity index (χ0v) is 17.5. The van der Waals surface area contributed by atoms with Crippen LogP contribution in [0.1, 0.15) is 12.8 Å². The maximum absolute atomic E-state index is 11.5. The second kappa shape index (κ2) is 10.3. The van der Waals surface area contributed by atoms with E-state index < -0.39 is 18.6 Å². The fourth-order valence-electron chi connectivity index (χ4n) is 3.75. The summed E-state index contributed by atoms with van der Waals surface area (Å²) in [5.41, 5.74) is 29.7. The van der Waals surface area contributed by atoms with Crippen LogP contribution in [-0.2, 0) is 4.79 Å². The standard InChI is InChI=1S/C16H31N11O2.ClH/c17-8-1-9(18)4-26(3-8)15-23-14(22-12(7-28)13(21)29)24-16(25-15)27-5-10(19)2-11(20)6-27;/h8-12,28H,1-7,17-20H2,(H2,21,29)(H,22,23,24,25);1H/t8-,9+,10-,11+,12-;/m1./s1. The zero-order valence-electron chi connectivity index (χ0n) is 16.7. The molecule has 13 nitrogen and oxygen atoms in total. The van der Waals surface area contributed by atoms with Crippen LogP contribution < -0.4 is 43.8 Å². The number of aliphatic hydroxyl groups is 1. The Labute approximate surface area is 181 Å². The number of hydrogen-bond donors (Lipinski definition) is 7. The maximum atomic E-state index is 11.5. The average Bonchev–Trinajstić information content (AvgIpc) is 2.64. The minimum absolute atomic E-state index is 0. The summed E-state index contributed by atoms with van der Waals surface area (Å²) in [5.74, 6) is 0.136. The van der Waals surface area contributed by atoms with Crippen LogP contribution in [0.25, 0.3) is 0 Å². The van der Waals surface area contributed by atoms with E-state index in [4.69, 9.17) is 28.7 Å². The van der Waals surface area contributed by atoms with Gasteiger partial charge in [-0.1, -0.05) is 0 Å². The van der Waals surface area contributed by atoms with Gasteiger partial charge in [0.1, 0.15) is 6.04 Å². The lowest BCUT2D eigenvalue weighted by molar-refractivity contribution is -0.119. The van der Waals surface area contributed by atoms with Gasteiger partial charge in [0.15, 0.2) is 0 Å². The molecule has 14 heteroatoms. The van der Waals surface area contributed by atoms with Gasteiger partial charge in [-0.25, -0.2) is 0 Å². The summed E-state index contributed by atoms with van der Waals surface area (Å²) in [7, 11) is 0. The third-order valence-corrected chi connectivity index (χ3v) is 5.04. The van der Waals surface area contributed by atoms with Crippen LogP contribution in [0.2, 0.25) is 0 Å². The smallest absolute Gasteiger partial charge is 0.242 e. The van der Waals surface area contributed by atoms with Crippen LogP contribution in [0, 0.1) is 0 Å². The maximum Gasteiger partial charge on any atom is 0.242 e. The van der Waals surface area contributed by atoms with Crippen molar-refractivity contribution in [1.29, 1.82) is 0 Å². The highest BCUT2D eigenvalue weighted by Gasteiger charge is 2.29. The van der Waals surface area contributed by atoms with Gasteiger partial charge >= 0.3 is 0 Å². The highest BCUT2D eigenvalue weighted by Crippen LogP contribution is 2.22. The first-order valence-electron chi connectivity index (χ1n) is 9.70. The van der Waals surface area contributed by atoms with Crippen LogP contribution in [0.5, 0.6) is 0 Å². The lowest BCUT2D eigenvalue weighted by Crippen LogP contribution is -2.54. The number of carbonyl (C=O) groups is 1. The average molecular weight is 446 g/mol. The van der Waals surface area contributed by atoms with Gasteiger partial charge < -0.3 is 48.9 Å². The summed E-state index contributed by atoms with van der Waals surface area (Å²) >= 11 is 0. The summed E-state index contributed by atoms with van der Waals surface area (Å²) in [6.07, 6.45) is 1.42. The van der Waals surface area contributed by atoms with E-state index in [2.05, 4.69) is 20.3 Å². The van der Waals surface area contributed by atoms with Gasteiger partial charge in [-0.3, -0.25) is 4.79 Å². The Kier molecular flexibility index (Phi) is 8.34.